The van der Waals surface area contributed by atoms with Crippen molar-refractivity contribution in [2.24, 2.45) is 0 Å². The van der Waals surface area contributed by atoms with Crippen molar-refractivity contribution < 1.29 is 13.9 Å². The number of hydrogen-bond acceptors (Lipinski definition) is 3. The summed E-state index contributed by atoms with van der Waals surface area (Å²) in [5.41, 5.74) is 1.33. The number of carbonyl (C=O) groups is 1. The first-order chi connectivity index (χ1) is 10.0. The summed E-state index contributed by atoms with van der Waals surface area (Å²) < 4.78 is 18.3. The Bertz CT molecular complexity index is 677. The van der Waals surface area contributed by atoms with Gasteiger partial charge in [-0.1, -0.05) is 29.3 Å². The van der Waals surface area contributed by atoms with E-state index in [4.69, 9.17) is 23.2 Å². The minimum atomic E-state index is -0.465. The molecule has 0 aromatic heterocycles. The Morgan fingerprint density at radius 2 is 2.00 bits per heavy atom. The predicted molar refractivity (Wildman–Crippen MR) is 81.5 cm³/mol. The molecule has 0 fully saturated rings. The molecule has 0 unspecified atom stereocenters. The first-order valence-corrected chi connectivity index (χ1v) is 6.82. The van der Waals surface area contributed by atoms with Crippen LogP contribution in [0.2, 0.25) is 10.0 Å². The second kappa shape index (κ2) is 6.78. The average molecular weight is 328 g/mol. The first-order valence-electron chi connectivity index (χ1n) is 6.07. The summed E-state index contributed by atoms with van der Waals surface area (Å²) >= 11 is 11.7. The maximum absolute atomic E-state index is 13.7. The van der Waals surface area contributed by atoms with Crippen LogP contribution in [-0.4, -0.2) is 13.1 Å². The fraction of sp³-hybridized carbons (Fsp3) is 0.133. The number of ether oxygens (including phenoxy) is 1. The topological polar surface area (TPSA) is 38.3 Å². The summed E-state index contributed by atoms with van der Waals surface area (Å²) in [6, 6.07) is 9.13. The standard InChI is InChI=1S/C15H12Cl2FNO2/c1-21-15(20)9-3-5-12(17)14(6-9)19-8-10-2-4-11(16)7-13(10)18/h2-7,19H,8H2,1H3. The third-order valence-corrected chi connectivity index (χ3v) is 3.44. The predicted octanol–water partition coefficient (Wildman–Crippen LogP) is 4.53. The molecular formula is C15H12Cl2FNO2. The molecule has 21 heavy (non-hydrogen) atoms. The van der Waals surface area contributed by atoms with Crippen molar-refractivity contribution in [3.63, 3.8) is 0 Å². The van der Waals surface area contributed by atoms with Gasteiger partial charge in [0.2, 0.25) is 0 Å². The summed E-state index contributed by atoms with van der Waals surface area (Å²) in [6.45, 7) is 0.216. The van der Waals surface area contributed by atoms with Gasteiger partial charge < -0.3 is 10.1 Å². The fourth-order valence-corrected chi connectivity index (χ4v) is 2.10. The number of hydrogen-bond donors (Lipinski definition) is 1. The second-order valence-electron chi connectivity index (χ2n) is 4.28. The Balaban J connectivity index is 2.17. The lowest BCUT2D eigenvalue weighted by Crippen LogP contribution is -2.05. The van der Waals surface area contributed by atoms with Crippen molar-refractivity contribution in [3.05, 3.63) is 63.4 Å². The van der Waals surface area contributed by atoms with Crippen molar-refractivity contribution in [2.75, 3.05) is 12.4 Å². The zero-order valence-electron chi connectivity index (χ0n) is 11.1. The highest BCUT2D eigenvalue weighted by atomic mass is 35.5. The van der Waals surface area contributed by atoms with E-state index in [9.17, 15) is 9.18 Å². The van der Waals surface area contributed by atoms with Crippen LogP contribution in [0.15, 0.2) is 36.4 Å². The molecule has 0 aliphatic heterocycles. The SMILES string of the molecule is COC(=O)c1ccc(Cl)c(NCc2ccc(Cl)cc2F)c1. The third-order valence-electron chi connectivity index (χ3n) is 2.87. The Morgan fingerprint density at radius 1 is 1.24 bits per heavy atom. The zero-order chi connectivity index (χ0) is 15.4. The second-order valence-corrected chi connectivity index (χ2v) is 5.12. The van der Waals surface area contributed by atoms with Gasteiger partial charge in [0.25, 0.3) is 0 Å². The van der Waals surface area contributed by atoms with E-state index in [1.54, 1.807) is 30.3 Å². The lowest BCUT2D eigenvalue weighted by atomic mass is 10.1. The number of halogens is 3. The molecule has 3 nitrogen and oxygen atoms in total. The van der Waals surface area contributed by atoms with Crippen molar-refractivity contribution in [1.29, 1.82) is 0 Å². The largest absolute Gasteiger partial charge is 0.465 e. The number of rotatable bonds is 4. The lowest BCUT2D eigenvalue weighted by Gasteiger charge is -2.10. The van der Waals surface area contributed by atoms with Crippen LogP contribution in [0.5, 0.6) is 0 Å². The van der Waals surface area contributed by atoms with Crippen LogP contribution < -0.4 is 5.32 Å². The Morgan fingerprint density at radius 3 is 2.67 bits per heavy atom. The van der Waals surface area contributed by atoms with E-state index in [0.717, 1.165) is 0 Å². The highest BCUT2D eigenvalue weighted by Crippen LogP contribution is 2.24. The number of esters is 1. The zero-order valence-corrected chi connectivity index (χ0v) is 12.6. The van der Waals surface area contributed by atoms with E-state index >= 15 is 0 Å². The molecule has 2 rings (SSSR count). The molecule has 0 heterocycles. The number of carbonyl (C=O) groups excluding carboxylic acids is 1. The van der Waals surface area contributed by atoms with Crippen molar-refractivity contribution in [2.45, 2.75) is 6.54 Å². The number of nitrogens with one attached hydrogen (secondary N) is 1. The molecule has 0 saturated heterocycles. The van der Waals surface area contributed by atoms with Crippen LogP contribution in [0.25, 0.3) is 0 Å². The maximum atomic E-state index is 13.7. The Kier molecular flexibility index (Phi) is 5.04. The van der Waals surface area contributed by atoms with Crippen molar-refractivity contribution in [3.8, 4) is 0 Å². The van der Waals surface area contributed by atoms with Gasteiger partial charge in [-0.05, 0) is 30.3 Å². The van der Waals surface area contributed by atoms with Gasteiger partial charge in [-0.2, -0.15) is 0 Å². The fourth-order valence-electron chi connectivity index (χ4n) is 1.76. The molecule has 0 amide bonds. The summed E-state index contributed by atoms with van der Waals surface area (Å²) in [4.78, 5) is 11.5. The molecule has 0 bridgehead atoms. The van der Waals surface area contributed by atoms with Crippen LogP contribution >= 0.6 is 23.2 Å². The summed E-state index contributed by atoms with van der Waals surface area (Å²) in [5, 5.41) is 3.75. The van der Waals surface area contributed by atoms with Crippen LogP contribution in [0.4, 0.5) is 10.1 Å². The minimum Gasteiger partial charge on any atom is -0.465 e. The van der Waals surface area contributed by atoms with Gasteiger partial charge in [0.15, 0.2) is 0 Å². The summed E-state index contributed by atoms with van der Waals surface area (Å²) in [6.07, 6.45) is 0. The Hall–Kier alpha value is -1.78. The number of benzene rings is 2. The molecule has 0 spiro atoms. The van der Waals surface area contributed by atoms with E-state index in [0.29, 0.717) is 26.9 Å². The average Bonchev–Trinajstić information content (AvgIpc) is 2.47. The van der Waals surface area contributed by atoms with Crippen LogP contribution in [0.3, 0.4) is 0 Å². The molecule has 6 heteroatoms. The molecule has 2 aromatic rings. The Labute approximate surface area is 131 Å². The van der Waals surface area contributed by atoms with Crippen molar-refractivity contribution in [1.82, 2.24) is 0 Å². The molecule has 0 atom stereocenters. The number of anilines is 1. The van der Waals surface area contributed by atoms with E-state index < -0.39 is 11.8 Å². The van der Waals surface area contributed by atoms with E-state index in [1.807, 2.05) is 0 Å². The molecule has 1 N–H and O–H groups in total. The smallest absolute Gasteiger partial charge is 0.337 e. The molecular weight excluding hydrogens is 316 g/mol. The van der Waals surface area contributed by atoms with Gasteiger partial charge in [-0.25, -0.2) is 9.18 Å². The van der Waals surface area contributed by atoms with Crippen LogP contribution in [0.1, 0.15) is 15.9 Å². The molecule has 0 saturated carbocycles. The summed E-state index contributed by atoms with van der Waals surface area (Å²) in [7, 11) is 1.30. The molecule has 0 aliphatic carbocycles. The monoisotopic (exact) mass is 327 g/mol. The van der Waals surface area contributed by atoms with Crippen molar-refractivity contribution >= 4 is 34.9 Å². The van der Waals surface area contributed by atoms with Gasteiger partial charge in [0, 0.05) is 17.1 Å². The quantitative estimate of drug-likeness (QED) is 0.838. The first kappa shape index (κ1) is 15.6. The van der Waals surface area contributed by atoms with E-state index in [-0.39, 0.29) is 6.54 Å². The van der Waals surface area contributed by atoms with Gasteiger partial charge in [0.1, 0.15) is 5.82 Å². The molecule has 0 radical (unpaired) electrons. The molecule has 2 aromatic carbocycles. The highest BCUT2D eigenvalue weighted by molar-refractivity contribution is 6.33. The number of methoxy groups -OCH3 is 1. The normalized spacial score (nSPS) is 10.3. The highest BCUT2D eigenvalue weighted by Gasteiger charge is 2.10. The molecule has 110 valence electrons. The third kappa shape index (κ3) is 3.86. The van der Waals surface area contributed by atoms with Gasteiger partial charge in [-0.15, -0.1) is 0 Å². The maximum Gasteiger partial charge on any atom is 0.337 e. The minimum absolute atomic E-state index is 0.216. The summed E-state index contributed by atoms with van der Waals surface area (Å²) in [5.74, 6) is -0.873. The van der Waals surface area contributed by atoms with E-state index in [2.05, 4.69) is 10.1 Å². The van der Waals surface area contributed by atoms with Crippen LogP contribution in [-0.2, 0) is 11.3 Å². The van der Waals surface area contributed by atoms with Gasteiger partial charge >= 0.3 is 5.97 Å². The van der Waals surface area contributed by atoms with Crippen LogP contribution in [0, 0.1) is 5.82 Å². The van der Waals surface area contributed by atoms with Gasteiger partial charge in [0.05, 0.1) is 23.4 Å². The molecule has 0 aliphatic rings. The van der Waals surface area contributed by atoms with Gasteiger partial charge in [-0.3, -0.25) is 0 Å². The lowest BCUT2D eigenvalue weighted by molar-refractivity contribution is 0.0601. The van der Waals surface area contributed by atoms with E-state index in [1.165, 1.54) is 13.2 Å².